The predicted molar refractivity (Wildman–Crippen MR) is 78.3 cm³/mol. The first kappa shape index (κ1) is 15.3. The van der Waals surface area contributed by atoms with Crippen molar-refractivity contribution in [3.8, 4) is 0 Å². The fraction of sp³-hybridized carbons (Fsp3) is 0.0769. The van der Waals surface area contributed by atoms with Crippen molar-refractivity contribution < 1.29 is 19.1 Å². The van der Waals surface area contributed by atoms with E-state index in [9.17, 15) is 14.0 Å². The third kappa shape index (κ3) is 4.17. The Balaban J connectivity index is 2.08. The Kier molecular flexibility index (Phi) is 4.77. The zero-order valence-corrected chi connectivity index (χ0v) is 12.0. The first-order chi connectivity index (χ1) is 9.95. The van der Waals surface area contributed by atoms with Gasteiger partial charge in [-0.15, -0.1) is 11.3 Å². The molecule has 5 nitrogen and oxygen atoms in total. The van der Waals surface area contributed by atoms with E-state index in [2.05, 4.69) is 10.6 Å². The summed E-state index contributed by atoms with van der Waals surface area (Å²) in [5.41, 5.74) is 0.132. The van der Waals surface area contributed by atoms with Crippen LogP contribution in [-0.4, -0.2) is 17.1 Å². The molecule has 0 aliphatic rings. The van der Waals surface area contributed by atoms with Crippen LogP contribution in [0, 0.1) is 5.82 Å². The quantitative estimate of drug-likeness (QED) is 0.804. The number of carboxylic acid groups (broad SMARTS) is 1. The number of urea groups is 1. The Morgan fingerprint density at radius 3 is 2.67 bits per heavy atom. The molecule has 1 aromatic carbocycles. The second-order valence-corrected chi connectivity index (χ2v) is 5.46. The summed E-state index contributed by atoms with van der Waals surface area (Å²) < 4.78 is 13.1. The molecule has 0 bridgehead atoms. The van der Waals surface area contributed by atoms with E-state index in [1.165, 1.54) is 17.4 Å². The summed E-state index contributed by atoms with van der Waals surface area (Å²) in [6.45, 7) is 0. The highest BCUT2D eigenvalue weighted by atomic mass is 35.5. The van der Waals surface area contributed by atoms with E-state index in [-0.39, 0.29) is 10.7 Å². The number of hydrogen-bond donors (Lipinski definition) is 3. The average Bonchev–Trinajstić information content (AvgIpc) is 2.87. The highest BCUT2D eigenvalue weighted by molar-refractivity contribution is 7.10. The molecule has 8 heteroatoms. The van der Waals surface area contributed by atoms with Crippen LogP contribution in [0.5, 0.6) is 0 Å². The molecule has 0 spiro atoms. The molecule has 1 unspecified atom stereocenters. The molecule has 0 saturated carbocycles. The maximum Gasteiger partial charge on any atom is 0.331 e. The lowest BCUT2D eigenvalue weighted by Gasteiger charge is -2.14. The van der Waals surface area contributed by atoms with E-state index in [4.69, 9.17) is 16.7 Å². The first-order valence-electron chi connectivity index (χ1n) is 5.75. The molecule has 21 heavy (non-hydrogen) atoms. The van der Waals surface area contributed by atoms with Crippen molar-refractivity contribution in [1.82, 2.24) is 5.32 Å². The van der Waals surface area contributed by atoms with Crippen molar-refractivity contribution in [3.05, 3.63) is 51.4 Å². The van der Waals surface area contributed by atoms with Crippen LogP contribution in [0.3, 0.4) is 0 Å². The monoisotopic (exact) mass is 328 g/mol. The summed E-state index contributed by atoms with van der Waals surface area (Å²) in [4.78, 5) is 23.5. The van der Waals surface area contributed by atoms with Gasteiger partial charge in [0.2, 0.25) is 0 Å². The van der Waals surface area contributed by atoms with Gasteiger partial charge in [-0.1, -0.05) is 17.7 Å². The number of nitrogens with one attached hydrogen (secondary N) is 2. The second-order valence-electron chi connectivity index (χ2n) is 4.04. The number of carbonyl (C=O) groups is 2. The molecule has 0 saturated heterocycles. The topological polar surface area (TPSA) is 78.4 Å². The number of carbonyl (C=O) groups excluding carboxylic acids is 1. The van der Waals surface area contributed by atoms with Gasteiger partial charge in [-0.3, -0.25) is 0 Å². The standard InChI is InChI=1S/C13H10ClFN2O3S/c14-7-4-8(15)6-9(5-7)16-13(20)17-11(12(18)19)10-2-1-3-21-10/h1-6,11H,(H,18,19)(H2,16,17,20). The van der Waals surface area contributed by atoms with Crippen molar-refractivity contribution in [1.29, 1.82) is 0 Å². The Hall–Kier alpha value is -2.12. The van der Waals surface area contributed by atoms with Crippen LogP contribution in [0.2, 0.25) is 5.02 Å². The van der Waals surface area contributed by atoms with Gasteiger partial charge in [-0.2, -0.15) is 0 Å². The smallest absolute Gasteiger partial charge is 0.331 e. The number of carboxylic acids is 1. The van der Waals surface area contributed by atoms with Crippen LogP contribution in [-0.2, 0) is 4.79 Å². The number of anilines is 1. The summed E-state index contributed by atoms with van der Waals surface area (Å²) in [6, 6.07) is 4.87. The van der Waals surface area contributed by atoms with Crippen LogP contribution in [0.25, 0.3) is 0 Å². The molecule has 0 fully saturated rings. The fourth-order valence-electron chi connectivity index (χ4n) is 1.63. The normalized spacial score (nSPS) is 11.7. The molecule has 0 radical (unpaired) electrons. The van der Waals surface area contributed by atoms with Crippen molar-refractivity contribution >= 4 is 40.6 Å². The van der Waals surface area contributed by atoms with Crippen LogP contribution >= 0.6 is 22.9 Å². The third-order valence-electron chi connectivity index (χ3n) is 2.47. The maximum absolute atomic E-state index is 13.1. The highest BCUT2D eigenvalue weighted by Crippen LogP contribution is 2.20. The molecule has 2 aromatic rings. The maximum atomic E-state index is 13.1. The number of aliphatic carboxylic acids is 1. The molecule has 1 aromatic heterocycles. The Morgan fingerprint density at radius 1 is 1.33 bits per heavy atom. The zero-order valence-electron chi connectivity index (χ0n) is 10.5. The van der Waals surface area contributed by atoms with Gasteiger partial charge < -0.3 is 15.7 Å². The lowest BCUT2D eigenvalue weighted by Crippen LogP contribution is -2.36. The molecule has 1 heterocycles. The Labute approximate surface area is 128 Å². The number of hydrogen-bond acceptors (Lipinski definition) is 3. The minimum Gasteiger partial charge on any atom is -0.479 e. The molecule has 2 rings (SSSR count). The SMILES string of the molecule is O=C(Nc1cc(F)cc(Cl)c1)NC(C(=O)O)c1cccs1. The van der Waals surface area contributed by atoms with Crippen LogP contribution in [0.1, 0.15) is 10.9 Å². The van der Waals surface area contributed by atoms with E-state index in [0.717, 1.165) is 12.1 Å². The molecule has 0 aliphatic heterocycles. The number of amides is 2. The Morgan fingerprint density at radius 2 is 2.10 bits per heavy atom. The number of halogens is 2. The van der Waals surface area contributed by atoms with E-state index >= 15 is 0 Å². The largest absolute Gasteiger partial charge is 0.479 e. The molecule has 110 valence electrons. The minimum absolute atomic E-state index is 0.123. The molecule has 0 aliphatic carbocycles. The van der Waals surface area contributed by atoms with E-state index in [1.807, 2.05) is 0 Å². The fourth-order valence-corrected chi connectivity index (χ4v) is 2.62. The van der Waals surface area contributed by atoms with Gasteiger partial charge >= 0.3 is 12.0 Å². The van der Waals surface area contributed by atoms with Crippen LogP contribution < -0.4 is 10.6 Å². The minimum atomic E-state index is -1.19. The number of rotatable bonds is 4. The molecular formula is C13H10ClFN2O3S. The van der Waals surface area contributed by atoms with Crippen molar-refractivity contribution in [3.63, 3.8) is 0 Å². The van der Waals surface area contributed by atoms with Gasteiger partial charge in [-0.25, -0.2) is 14.0 Å². The van der Waals surface area contributed by atoms with Gasteiger partial charge in [-0.05, 0) is 29.6 Å². The summed E-state index contributed by atoms with van der Waals surface area (Å²) in [6.07, 6.45) is 0. The Bertz CT molecular complexity index is 643. The van der Waals surface area contributed by atoms with Crippen molar-refractivity contribution in [2.24, 2.45) is 0 Å². The van der Waals surface area contributed by atoms with Gasteiger partial charge in [0, 0.05) is 15.6 Å². The second kappa shape index (κ2) is 6.55. The van der Waals surface area contributed by atoms with E-state index < -0.39 is 23.9 Å². The third-order valence-corrected chi connectivity index (χ3v) is 3.63. The predicted octanol–water partition coefficient (Wildman–Crippen LogP) is 3.49. The van der Waals surface area contributed by atoms with Crippen LogP contribution in [0.15, 0.2) is 35.7 Å². The zero-order chi connectivity index (χ0) is 15.4. The van der Waals surface area contributed by atoms with Crippen LogP contribution in [0.4, 0.5) is 14.9 Å². The summed E-state index contributed by atoms with van der Waals surface area (Å²) in [5, 5.41) is 15.6. The van der Waals surface area contributed by atoms with Gasteiger partial charge in [0.1, 0.15) is 5.82 Å². The van der Waals surface area contributed by atoms with Crippen molar-refractivity contribution in [2.45, 2.75) is 6.04 Å². The molecular weight excluding hydrogens is 319 g/mol. The van der Waals surface area contributed by atoms with Gasteiger partial charge in [0.05, 0.1) is 0 Å². The lowest BCUT2D eigenvalue weighted by molar-refractivity contribution is -0.139. The summed E-state index contributed by atoms with van der Waals surface area (Å²) in [5.74, 6) is -1.80. The van der Waals surface area contributed by atoms with Gasteiger partial charge in [0.25, 0.3) is 0 Å². The highest BCUT2D eigenvalue weighted by Gasteiger charge is 2.23. The van der Waals surface area contributed by atoms with Gasteiger partial charge in [0.15, 0.2) is 6.04 Å². The first-order valence-corrected chi connectivity index (χ1v) is 7.01. The number of benzene rings is 1. The average molecular weight is 329 g/mol. The molecule has 3 N–H and O–H groups in total. The summed E-state index contributed by atoms with van der Waals surface area (Å²) in [7, 11) is 0. The summed E-state index contributed by atoms with van der Waals surface area (Å²) >= 11 is 6.87. The lowest BCUT2D eigenvalue weighted by atomic mass is 10.2. The molecule has 1 atom stereocenters. The molecule has 2 amide bonds. The number of thiophene rings is 1. The van der Waals surface area contributed by atoms with Crippen molar-refractivity contribution in [2.75, 3.05) is 5.32 Å². The van der Waals surface area contributed by atoms with E-state index in [0.29, 0.717) is 4.88 Å². The van der Waals surface area contributed by atoms with E-state index in [1.54, 1.807) is 17.5 Å².